The van der Waals surface area contributed by atoms with Gasteiger partial charge in [-0.2, -0.15) is 5.10 Å². The molecular formula is C10H13N3O. The summed E-state index contributed by atoms with van der Waals surface area (Å²) in [5.74, 6) is 0. The molecule has 74 valence electrons. The van der Waals surface area contributed by atoms with Crippen molar-refractivity contribution in [2.75, 3.05) is 7.05 Å². The Kier molecular flexibility index (Phi) is 3.67. The summed E-state index contributed by atoms with van der Waals surface area (Å²) in [4.78, 5) is 10.8. The minimum absolute atomic E-state index is 0.319. The second-order valence-electron chi connectivity index (χ2n) is 2.75. The highest BCUT2D eigenvalue weighted by Gasteiger charge is 1.96. The number of carbonyl (C=O) groups excluding carboxylic acids is 1. The van der Waals surface area contributed by atoms with Crippen LogP contribution in [0.5, 0.6) is 0 Å². The second-order valence-corrected chi connectivity index (χ2v) is 2.75. The number of carbonyl (C=O) groups is 1. The Labute approximate surface area is 83.0 Å². The van der Waals surface area contributed by atoms with Gasteiger partial charge in [0.05, 0.1) is 5.71 Å². The lowest BCUT2D eigenvalue weighted by Gasteiger charge is -2.01. The fourth-order valence-corrected chi connectivity index (χ4v) is 0.934. The van der Waals surface area contributed by atoms with Gasteiger partial charge in [0.25, 0.3) is 0 Å². The Morgan fingerprint density at radius 3 is 2.50 bits per heavy atom. The van der Waals surface area contributed by atoms with Crippen molar-refractivity contribution in [3.8, 4) is 0 Å². The number of nitrogens with one attached hydrogen (secondary N) is 2. The van der Waals surface area contributed by atoms with E-state index in [9.17, 15) is 4.79 Å². The average molecular weight is 191 g/mol. The van der Waals surface area contributed by atoms with Crippen LogP contribution in [0.1, 0.15) is 12.5 Å². The molecule has 0 saturated heterocycles. The Hall–Kier alpha value is -1.84. The zero-order valence-electron chi connectivity index (χ0n) is 8.24. The van der Waals surface area contributed by atoms with E-state index in [2.05, 4.69) is 15.8 Å². The van der Waals surface area contributed by atoms with E-state index in [1.54, 1.807) is 7.05 Å². The fraction of sp³-hybridized carbons (Fsp3) is 0.200. The number of hydrogen-bond donors (Lipinski definition) is 2. The van der Waals surface area contributed by atoms with Gasteiger partial charge in [-0.05, 0) is 12.5 Å². The predicted octanol–water partition coefficient (Wildman–Crippen LogP) is 1.34. The summed E-state index contributed by atoms with van der Waals surface area (Å²) in [5, 5.41) is 6.33. The molecule has 0 unspecified atom stereocenters. The Bertz CT molecular complexity index is 332. The van der Waals surface area contributed by atoms with E-state index in [0.717, 1.165) is 11.3 Å². The summed E-state index contributed by atoms with van der Waals surface area (Å²) in [6.07, 6.45) is 0. The molecule has 1 rings (SSSR count). The quantitative estimate of drug-likeness (QED) is 0.538. The first-order chi connectivity index (χ1) is 6.74. The number of urea groups is 1. The third kappa shape index (κ3) is 2.90. The predicted molar refractivity (Wildman–Crippen MR) is 56.2 cm³/mol. The molecule has 0 aliphatic carbocycles. The lowest BCUT2D eigenvalue weighted by Crippen LogP contribution is -2.29. The zero-order valence-corrected chi connectivity index (χ0v) is 8.24. The van der Waals surface area contributed by atoms with Gasteiger partial charge in [-0.1, -0.05) is 30.3 Å². The van der Waals surface area contributed by atoms with Crippen LogP contribution < -0.4 is 10.7 Å². The molecule has 2 amide bonds. The molecule has 14 heavy (non-hydrogen) atoms. The molecule has 0 aromatic heterocycles. The van der Waals surface area contributed by atoms with E-state index in [-0.39, 0.29) is 6.03 Å². The van der Waals surface area contributed by atoms with Crippen LogP contribution in [-0.4, -0.2) is 18.8 Å². The van der Waals surface area contributed by atoms with E-state index >= 15 is 0 Å². The van der Waals surface area contributed by atoms with E-state index in [0.29, 0.717) is 0 Å². The maximum absolute atomic E-state index is 10.8. The zero-order chi connectivity index (χ0) is 10.4. The van der Waals surface area contributed by atoms with Crippen LogP contribution in [0.3, 0.4) is 0 Å². The van der Waals surface area contributed by atoms with Crippen molar-refractivity contribution >= 4 is 11.7 Å². The molecule has 2 N–H and O–H groups in total. The van der Waals surface area contributed by atoms with Gasteiger partial charge in [0, 0.05) is 7.05 Å². The van der Waals surface area contributed by atoms with Gasteiger partial charge in [0.1, 0.15) is 0 Å². The lowest BCUT2D eigenvalue weighted by atomic mass is 10.1. The summed E-state index contributed by atoms with van der Waals surface area (Å²) in [6, 6.07) is 9.33. The van der Waals surface area contributed by atoms with Gasteiger partial charge in [0.2, 0.25) is 0 Å². The molecule has 4 nitrogen and oxygen atoms in total. The van der Waals surface area contributed by atoms with E-state index in [1.165, 1.54) is 0 Å². The molecule has 0 radical (unpaired) electrons. The van der Waals surface area contributed by atoms with Crippen LogP contribution in [0.15, 0.2) is 35.4 Å². The van der Waals surface area contributed by atoms with Crippen LogP contribution in [-0.2, 0) is 0 Å². The molecule has 0 atom stereocenters. The van der Waals surface area contributed by atoms with Gasteiger partial charge in [-0.15, -0.1) is 0 Å². The molecule has 1 aromatic rings. The summed E-state index contributed by atoms with van der Waals surface area (Å²) < 4.78 is 0. The molecule has 0 heterocycles. The van der Waals surface area contributed by atoms with Gasteiger partial charge in [-0.3, -0.25) is 0 Å². The van der Waals surface area contributed by atoms with Crippen molar-refractivity contribution in [3.63, 3.8) is 0 Å². The number of rotatable bonds is 2. The summed E-state index contributed by atoms with van der Waals surface area (Å²) in [5.41, 5.74) is 4.13. The third-order valence-corrected chi connectivity index (χ3v) is 1.74. The molecular weight excluding hydrogens is 178 g/mol. The molecule has 0 bridgehead atoms. The first-order valence-corrected chi connectivity index (χ1v) is 4.31. The highest BCUT2D eigenvalue weighted by atomic mass is 16.2. The normalized spacial score (nSPS) is 10.9. The summed E-state index contributed by atoms with van der Waals surface area (Å²) in [7, 11) is 1.54. The van der Waals surface area contributed by atoms with Crippen LogP contribution in [0, 0.1) is 0 Å². The van der Waals surface area contributed by atoms with Crippen molar-refractivity contribution in [2.24, 2.45) is 5.10 Å². The van der Waals surface area contributed by atoms with Crippen molar-refractivity contribution < 1.29 is 4.79 Å². The Morgan fingerprint density at radius 2 is 1.93 bits per heavy atom. The highest BCUT2D eigenvalue weighted by Crippen LogP contribution is 1.99. The summed E-state index contributed by atoms with van der Waals surface area (Å²) >= 11 is 0. The fourth-order valence-electron chi connectivity index (χ4n) is 0.934. The van der Waals surface area contributed by atoms with E-state index in [4.69, 9.17) is 0 Å². The van der Waals surface area contributed by atoms with Crippen molar-refractivity contribution in [3.05, 3.63) is 35.9 Å². The lowest BCUT2D eigenvalue weighted by molar-refractivity contribution is 0.243. The molecule has 0 aliphatic rings. The smallest absolute Gasteiger partial charge is 0.334 e. The molecule has 4 heteroatoms. The SMILES string of the molecule is CNC(=O)N/N=C(\C)c1ccccc1. The topological polar surface area (TPSA) is 53.5 Å². The maximum atomic E-state index is 10.8. The standard InChI is InChI=1S/C10H13N3O/c1-8(12-13-10(14)11-2)9-6-4-3-5-7-9/h3-7H,1-2H3,(H2,11,13,14)/b12-8+. The number of amides is 2. The Balaban J connectivity index is 2.66. The van der Waals surface area contributed by atoms with Crippen LogP contribution >= 0.6 is 0 Å². The van der Waals surface area contributed by atoms with Crippen molar-refractivity contribution in [1.29, 1.82) is 0 Å². The van der Waals surface area contributed by atoms with Crippen LogP contribution in [0.25, 0.3) is 0 Å². The van der Waals surface area contributed by atoms with E-state index in [1.807, 2.05) is 37.3 Å². The van der Waals surface area contributed by atoms with Crippen LogP contribution in [0.2, 0.25) is 0 Å². The first-order valence-electron chi connectivity index (χ1n) is 4.31. The number of hydrazone groups is 1. The minimum atomic E-state index is -0.319. The number of nitrogens with zero attached hydrogens (tertiary/aromatic N) is 1. The van der Waals surface area contributed by atoms with Crippen molar-refractivity contribution in [1.82, 2.24) is 10.7 Å². The number of hydrogen-bond acceptors (Lipinski definition) is 2. The maximum Gasteiger partial charge on any atom is 0.334 e. The molecule has 0 aliphatic heterocycles. The number of benzene rings is 1. The molecule has 0 saturated carbocycles. The third-order valence-electron chi connectivity index (χ3n) is 1.74. The van der Waals surface area contributed by atoms with Gasteiger partial charge in [-0.25, -0.2) is 10.2 Å². The Morgan fingerprint density at radius 1 is 1.29 bits per heavy atom. The minimum Gasteiger partial charge on any atom is -0.340 e. The first kappa shape index (κ1) is 10.2. The largest absolute Gasteiger partial charge is 0.340 e. The summed E-state index contributed by atoms with van der Waals surface area (Å²) in [6.45, 7) is 1.84. The van der Waals surface area contributed by atoms with Gasteiger partial charge < -0.3 is 5.32 Å². The molecule has 0 fully saturated rings. The van der Waals surface area contributed by atoms with Gasteiger partial charge >= 0.3 is 6.03 Å². The van der Waals surface area contributed by atoms with E-state index < -0.39 is 0 Å². The van der Waals surface area contributed by atoms with Gasteiger partial charge in [0.15, 0.2) is 0 Å². The van der Waals surface area contributed by atoms with Crippen LogP contribution in [0.4, 0.5) is 4.79 Å². The molecule has 1 aromatic carbocycles. The molecule has 0 spiro atoms. The monoisotopic (exact) mass is 191 g/mol. The van der Waals surface area contributed by atoms with Crippen molar-refractivity contribution in [2.45, 2.75) is 6.92 Å². The highest BCUT2D eigenvalue weighted by molar-refractivity contribution is 5.99. The second kappa shape index (κ2) is 5.01. The average Bonchev–Trinajstić information content (AvgIpc) is 2.26.